The molecule has 94 valence electrons. The van der Waals surface area contributed by atoms with E-state index < -0.39 is 7.12 Å². The Balaban J connectivity index is 3.56. The first-order valence-electron chi connectivity index (χ1n) is 4.83. The summed E-state index contributed by atoms with van der Waals surface area (Å²) >= 11 is 0. The molecule has 0 fully saturated rings. The van der Waals surface area contributed by atoms with Crippen LogP contribution in [0.3, 0.4) is 0 Å². The fraction of sp³-hybridized carbons (Fsp3) is 0.400. The first kappa shape index (κ1) is 13.5. The highest BCUT2D eigenvalue weighted by atomic mass is 16.5. The third kappa shape index (κ3) is 2.40. The monoisotopic (exact) mass is 242 g/mol. The molecule has 0 unspecified atom stereocenters. The second-order valence-electron chi connectivity index (χ2n) is 3.13. The third-order valence-electron chi connectivity index (χ3n) is 2.31. The molecule has 2 N–H and O–H groups in total. The lowest BCUT2D eigenvalue weighted by molar-refractivity contribution is 0.319. The van der Waals surface area contributed by atoms with Crippen molar-refractivity contribution in [3.63, 3.8) is 0 Å². The first-order chi connectivity index (χ1) is 8.10. The predicted octanol–water partition coefficient (Wildman–Crippen LogP) is -0.599. The van der Waals surface area contributed by atoms with Crippen molar-refractivity contribution in [1.29, 1.82) is 0 Å². The molecule has 1 aromatic rings. The predicted molar refractivity (Wildman–Crippen MR) is 62.5 cm³/mol. The van der Waals surface area contributed by atoms with E-state index in [1.165, 1.54) is 34.5 Å². The maximum Gasteiger partial charge on any atom is 0.496 e. The second kappa shape index (κ2) is 5.65. The van der Waals surface area contributed by atoms with Crippen LogP contribution in [0.25, 0.3) is 0 Å². The lowest BCUT2D eigenvalue weighted by atomic mass is 9.78. The maximum absolute atomic E-state index is 9.33. The van der Waals surface area contributed by atoms with Gasteiger partial charge in [0.05, 0.1) is 33.9 Å². The van der Waals surface area contributed by atoms with Crippen molar-refractivity contribution in [2.45, 2.75) is 0 Å². The molecule has 1 rings (SSSR count). The molecule has 0 saturated carbocycles. The summed E-state index contributed by atoms with van der Waals surface area (Å²) in [6, 6.07) is 1.50. The van der Waals surface area contributed by atoms with Gasteiger partial charge in [-0.05, 0) is 0 Å². The average molecular weight is 242 g/mol. The minimum Gasteiger partial charge on any atom is -0.497 e. The normalized spacial score (nSPS) is 9.76. The molecule has 0 aliphatic carbocycles. The van der Waals surface area contributed by atoms with Crippen LogP contribution in [0.5, 0.6) is 23.0 Å². The van der Waals surface area contributed by atoms with E-state index in [0.29, 0.717) is 5.75 Å². The highest BCUT2D eigenvalue weighted by Crippen LogP contribution is 2.39. The van der Waals surface area contributed by atoms with E-state index in [1.807, 2.05) is 0 Å². The van der Waals surface area contributed by atoms with Crippen molar-refractivity contribution in [2.24, 2.45) is 0 Å². The Hall–Kier alpha value is -1.60. The molecule has 0 amide bonds. The molecule has 17 heavy (non-hydrogen) atoms. The number of ether oxygens (including phenoxy) is 4. The lowest BCUT2D eigenvalue weighted by Crippen LogP contribution is -2.33. The van der Waals surface area contributed by atoms with Crippen LogP contribution in [-0.2, 0) is 0 Å². The molecular formula is C10H15BO6. The summed E-state index contributed by atoms with van der Waals surface area (Å²) in [5.74, 6) is 1.07. The van der Waals surface area contributed by atoms with Gasteiger partial charge < -0.3 is 29.0 Å². The van der Waals surface area contributed by atoms with Gasteiger partial charge in [-0.3, -0.25) is 0 Å². The molecule has 1 aromatic carbocycles. The number of hydrogen-bond acceptors (Lipinski definition) is 6. The Labute approximate surface area is 99.8 Å². The molecule has 0 saturated heterocycles. The van der Waals surface area contributed by atoms with Gasteiger partial charge in [-0.15, -0.1) is 0 Å². The Morgan fingerprint density at radius 3 is 1.71 bits per heavy atom. The van der Waals surface area contributed by atoms with Gasteiger partial charge in [0.25, 0.3) is 0 Å². The molecule has 0 aliphatic heterocycles. The van der Waals surface area contributed by atoms with E-state index in [1.54, 1.807) is 0 Å². The van der Waals surface area contributed by atoms with Crippen LogP contribution < -0.4 is 24.4 Å². The number of methoxy groups -OCH3 is 4. The summed E-state index contributed by atoms with van der Waals surface area (Å²) < 4.78 is 20.4. The van der Waals surface area contributed by atoms with Gasteiger partial charge in [0.15, 0.2) is 11.5 Å². The molecular weight excluding hydrogens is 227 g/mol. The Kier molecular flexibility index (Phi) is 4.48. The van der Waals surface area contributed by atoms with Gasteiger partial charge >= 0.3 is 7.12 Å². The SMILES string of the molecule is COc1cc(OC)c(B(O)O)c(OC)c1OC. The molecule has 0 atom stereocenters. The van der Waals surface area contributed by atoms with Gasteiger partial charge in [-0.1, -0.05) is 0 Å². The third-order valence-corrected chi connectivity index (χ3v) is 2.31. The van der Waals surface area contributed by atoms with E-state index in [9.17, 15) is 10.0 Å². The Morgan fingerprint density at radius 1 is 0.824 bits per heavy atom. The zero-order chi connectivity index (χ0) is 13.0. The molecule has 0 spiro atoms. The fourth-order valence-corrected chi connectivity index (χ4v) is 1.57. The first-order valence-corrected chi connectivity index (χ1v) is 4.83. The van der Waals surface area contributed by atoms with Crippen LogP contribution >= 0.6 is 0 Å². The Bertz CT molecular complexity index is 393. The van der Waals surface area contributed by atoms with E-state index in [2.05, 4.69) is 0 Å². The topological polar surface area (TPSA) is 77.4 Å². The highest BCUT2D eigenvalue weighted by Gasteiger charge is 2.28. The van der Waals surface area contributed by atoms with Crippen molar-refractivity contribution in [3.8, 4) is 23.0 Å². The number of benzene rings is 1. The number of hydrogen-bond donors (Lipinski definition) is 2. The zero-order valence-electron chi connectivity index (χ0n) is 10.2. The summed E-state index contributed by atoms with van der Waals surface area (Å²) in [6.45, 7) is 0. The summed E-state index contributed by atoms with van der Waals surface area (Å²) in [7, 11) is 3.96. The standard InChI is InChI=1S/C10H15BO6/c1-14-6-5-7(15-2)9(16-3)10(17-4)8(6)11(12)13/h5,12-13H,1-4H3. The molecule has 0 heterocycles. The highest BCUT2D eigenvalue weighted by molar-refractivity contribution is 6.61. The quantitative estimate of drug-likeness (QED) is 0.671. The van der Waals surface area contributed by atoms with Gasteiger partial charge in [0.2, 0.25) is 5.75 Å². The van der Waals surface area contributed by atoms with E-state index in [4.69, 9.17) is 18.9 Å². The second-order valence-corrected chi connectivity index (χ2v) is 3.13. The summed E-state index contributed by atoms with van der Waals surface area (Å²) in [5, 5.41) is 18.7. The van der Waals surface area contributed by atoms with E-state index >= 15 is 0 Å². The molecule has 6 nitrogen and oxygen atoms in total. The molecule has 0 radical (unpaired) electrons. The smallest absolute Gasteiger partial charge is 0.496 e. The molecule has 0 aromatic heterocycles. The van der Waals surface area contributed by atoms with Crippen LogP contribution in [0.4, 0.5) is 0 Å². The van der Waals surface area contributed by atoms with E-state index in [0.717, 1.165) is 0 Å². The van der Waals surface area contributed by atoms with Crippen LogP contribution in [-0.4, -0.2) is 45.6 Å². The van der Waals surface area contributed by atoms with Crippen molar-refractivity contribution in [2.75, 3.05) is 28.4 Å². The number of rotatable bonds is 5. The molecule has 7 heteroatoms. The maximum atomic E-state index is 9.33. The van der Waals surface area contributed by atoms with Crippen molar-refractivity contribution >= 4 is 12.6 Å². The van der Waals surface area contributed by atoms with E-state index in [-0.39, 0.29) is 22.7 Å². The minimum atomic E-state index is -1.74. The lowest BCUT2D eigenvalue weighted by Gasteiger charge is -2.18. The van der Waals surface area contributed by atoms with Crippen LogP contribution in [0, 0.1) is 0 Å². The van der Waals surface area contributed by atoms with Crippen LogP contribution in [0.1, 0.15) is 0 Å². The molecule has 0 aliphatic rings. The largest absolute Gasteiger partial charge is 0.497 e. The Morgan fingerprint density at radius 2 is 1.35 bits per heavy atom. The van der Waals surface area contributed by atoms with Gasteiger partial charge in [-0.2, -0.15) is 0 Å². The van der Waals surface area contributed by atoms with Gasteiger partial charge in [0, 0.05) is 6.07 Å². The summed E-state index contributed by atoms with van der Waals surface area (Å²) in [6.07, 6.45) is 0. The van der Waals surface area contributed by atoms with Crippen LogP contribution in [0.15, 0.2) is 6.07 Å². The van der Waals surface area contributed by atoms with Crippen molar-refractivity contribution in [1.82, 2.24) is 0 Å². The van der Waals surface area contributed by atoms with Gasteiger partial charge in [0.1, 0.15) is 5.75 Å². The zero-order valence-corrected chi connectivity index (χ0v) is 10.2. The minimum absolute atomic E-state index is 0.0904. The van der Waals surface area contributed by atoms with Crippen LogP contribution in [0.2, 0.25) is 0 Å². The van der Waals surface area contributed by atoms with Gasteiger partial charge in [-0.25, -0.2) is 0 Å². The van der Waals surface area contributed by atoms with Crippen molar-refractivity contribution < 1.29 is 29.0 Å². The fourth-order valence-electron chi connectivity index (χ4n) is 1.57. The molecule has 0 bridgehead atoms. The summed E-state index contributed by atoms with van der Waals surface area (Å²) in [4.78, 5) is 0. The summed E-state index contributed by atoms with van der Waals surface area (Å²) in [5.41, 5.74) is 0.0904. The van der Waals surface area contributed by atoms with Crippen molar-refractivity contribution in [3.05, 3.63) is 6.07 Å². The average Bonchev–Trinajstić information content (AvgIpc) is 2.35.